The van der Waals surface area contributed by atoms with Crippen LogP contribution in [0.1, 0.15) is 33.6 Å². The number of hydrogen-bond donors (Lipinski definition) is 1. The molecule has 3 atom stereocenters. The topological polar surface area (TPSA) is 24.5 Å². The van der Waals surface area contributed by atoms with E-state index in [2.05, 4.69) is 31.0 Å². The fraction of sp³-hybridized carbons (Fsp3) is 1.00. The van der Waals surface area contributed by atoms with Crippen LogP contribution in [0.25, 0.3) is 0 Å². The Kier molecular flexibility index (Phi) is 6.32. The lowest BCUT2D eigenvalue weighted by atomic mass is 9.98. The van der Waals surface area contributed by atoms with E-state index in [0.29, 0.717) is 12.1 Å². The number of ether oxygens (including phenoxy) is 1. The van der Waals surface area contributed by atoms with Gasteiger partial charge in [0.2, 0.25) is 0 Å². The summed E-state index contributed by atoms with van der Waals surface area (Å²) in [5.41, 5.74) is 0. The van der Waals surface area contributed by atoms with Crippen molar-refractivity contribution < 1.29 is 4.74 Å². The maximum atomic E-state index is 5.26. The van der Waals surface area contributed by atoms with Crippen molar-refractivity contribution >= 4 is 0 Å². The van der Waals surface area contributed by atoms with Crippen molar-refractivity contribution in [2.75, 3.05) is 33.4 Å². The van der Waals surface area contributed by atoms with Gasteiger partial charge in [0.05, 0.1) is 6.61 Å². The Hall–Kier alpha value is -0.120. The second kappa shape index (κ2) is 7.25. The summed E-state index contributed by atoms with van der Waals surface area (Å²) in [6, 6.07) is 1.18. The van der Waals surface area contributed by atoms with Crippen LogP contribution in [0.5, 0.6) is 0 Å². The van der Waals surface area contributed by atoms with Crippen molar-refractivity contribution in [3.8, 4) is 0 Å². The van der Waals surface area contributed by atoms with Gasteiger partial charge in [0.1, 0.15) is 0 Å². The summed E-state index contributed by atoms with van der Waals surface area (Å²) in [5.74, 6) is 0.760. The van der Waals surface area contributed by atoms with E-state index < -0.39 is 0 Å². The van der Waals surface area contributed by atoms with Crippen LogP contribution < -0.4 is 5.32 Å². The summed E-state index contributed by atoms with van der Waals surface area (Å²) in [6.07, 6.45) is 2.51. The summed E-state index contributed by atoms with van der Waals surface area (Å²) in [6.45, 7) is 11.3. The fourth-order valence-electron chi connectivity index (χ4n) is 2.39. The van der Waals surface area contributed by atoms with Crippen LogP contribution in [0, 0.1) is 5.92 Å². The molecule has 0 bridgehead atoms. The van der Waals surface area contributed by atoms with Gasteiger partial charge in [-0.05, 0) is 32.4 Å². The summed E-state index contributed by atoms with van der Waals surface area (Å²) >= 11 is 0. The van der Waals surface area contributed by atoms with Crippen LogP contribution in [0.4, 0.5) is 0 Å². The molecule has 1 aliphatic heterocycles. The summed E-state index contributed by atoms with van der Waals surface area (Å²) in [7, 11) is 1.79. The normalized spacial score (nSPS) is 27.4. The van der Waals surface area contributed by atoms with E-state index in [1.54, 1.807) is 7.11 Å². The summed E-state index contributed by atoms with van der Waals surface area (Å²) < 4.78 is 5.26. The second-order valence-corrected chi connectivity index (χ2v) is 5.10. The molecule has 0 aromatic heterocycles. The maximum Gasteiger partial charge on any atom is 0.0615 e. The molecule has 1 aliphatic rings. The first-order valence-electron chi connectivity index (χ1n) is 6.65. The highest BCUT2D eigenvalue weighted by Gasteiger charge is 2.24. The summed E-state index contributed by atoms with van der Waals surface area (Å²) in [4.78, 5) is 2.57. The van der Waals surface area contributed by atoms with Crippen LogP contribution in [0.15, 0.2) is 0 Å². The van der Waals surface area contributed by atoms with Gasteiger partial charge in [-0.15, -0.1) is 0 Å². The second-order valence-electron chi connectivity index (χ2n) is 5.10. The molecule has 3 nitrogen and oxygen atoms in total. The van der Waals surface area contributed by atoms with Crippen molar-refractivity contribution in [1.29, 1.82) is 0 Å². The van der Waals surface area contributed by atoms with Crippen LogP contribution in [0.3, 0.4) is 0 Å². The minimum atomic E-state index is 0.538. The third-order valence-electron chi connectivity index (χ3n) is 3.82. The van der Waals surface area contributed by atoms with Crippen LogP contribution in [-0.4, -0.2) is 50.3 Å². The molecule has 0 aromatic carbocycles. The molecular formula is C13H28N2O. The lowest BCUT2D eigenvalue weighted by molar-refractivity contribution is 0.0937. The Balaban J connectivity index is 2.51. The van der Waals surface area contributed by atoms with Gasteiger partial charge in [-0.3, -0.25) is 4.90 Å². The third-order valence-corrected chi connectivity index (χ3v) is 3.82. The number of nitrogens with one attached hydrogen (secondary N) is 1. The molecule has 0 radical (unpaired) electrons. The van der Waals surface area contributed by atoms with E-state index in [1.165, 1.54) is 25.9 Å². The first-order valence-corrected chi connectivity index (χ1v) is 6.65. The standard InChI is InChI=1S/C13H28N2O/c1-5-11(2)13-9-15(8-6-7-14-13)12(3)10-16-4/h11-14H,5-10H2,1-4H3. The predicted molar refractivity (Wildman–Crippen MR) is 68.8 cm³/mol. The Bertz CT molecular complexity index is 187. The Labute approximate surface area is 101 Å². The van der Waals surface area contributed by atoms with E-state index in [0.717, 1.165) is 19.1 Å². The fourth-order valence-corrected chi connectivity index (χ4v) is 2.39. The van der Waals surface area contributed by atoms with Gasteiger partial charge in [0.25, 0.3) is 0 Å². The number of methoxy groups -OCH3 is 1. The molecule has 0 saturated carbocycles. The van der Waals surface area contributed by atoms with Crippen LogP contribution in [0.2, 0.25) is 0 Å². The molecule has 0 aliphatic carbocycles. The van der Waals surface area contributed by atoms with Crippen molar-refractivity contribution in [2.45, 2.75) is 45.7 Å². The monoisotopic (exact) mass is 228 g/mol. The average molecular weight is 228 g/mol. The first-order chi connectivity index (χ1) is 7.69. The molecule has 0 aromatic rings. The van der Waals surface area contributed by atoms with E-state index in [9.17, 15) is 0 Å². The van der Waals surface area contributed by atoms with Crippen molar-refractivity contribution in [3.63, 3.8) is 0 Å². The highest BCUT2D eigenvalue weighted by Crippen LogP contribution is 2.14. The van der Waals surface area contributed by atoms with Crippen molar-refractivity contribution in [1.82, 2.24) is 10.2 Å². The predicted octanol–water partition coefficient (Wildman–Crippen LogP) is 1.73. The van der Waals surface area contributed by atoms with E-state index in [-0.39, 0.29) is 0 Å². The largest absolute Gasteiger partial charge is 0.383 e. The molecular weight excluding hydrogens is 200 g/mol. The molecule has 1 N–H and O–H groups in total. The summed E-state index contributed by atoms with van der Waals surface area (Å²) in [5, 5.41) is 3.68. The van der Waals surface area contributed by atoms with Crippen LogP contribution >= 0.6 is 0 Å². The molecule has 3 unspecified atom stereocenters. The molecule has 96 valence electrons. The zero-order valence-corrected chi connectivity index (χ0v) is 11.3. The first kappa shape index (κ1) is 13.9. The average Bonchev–Trinajstić information content (AvgIpc) is 2.54. The van der Waals surface area contributed by atoms with Gasteiger partial charge < -0.3 is 10.1 Å². The van der Waals surface area contributed by atoms with Gasteiger partial charge in [-0.2, -0.15) is 0 Å². The molecule has 16 heavy (non-hydrogen) atoms. The Morgan fingerprint density at radius 1 is 1.44 bits per heavy atom. The number of hydrogen-bond acceptors (Lipinski definition) is 3. The van der Waals surface area contributed by atoms with E-state index >= 15 is 0 Å². The minimum absolute atomic E-state index is 0.538. The van der Waals surface area contributed by atoms with Gasteiger partial charge in [0.15, 0.2) is 0 Å². The SMILES string of the molecule is CCC(C)C1CN(C(C)COC)CCCN1. The van der Waals surface area contributed by atoms with Crippen molar-refractivity contribution in [3.05, 3.63) is 0 Å². The minimum Gasteiger partial charge on any atom is -0.383 e. The molecule has 1 saturated heterocycles. The lowest BCUT2D eigenvalue weighted by Crippen LogP contribution is -2.45. The Morgan fingerprint density at radius 2 is 2.19 bits per heavy atom. The zero-order valence-electron chi connectivity index (χ0n) is 11.3. The van der Waals surface area contributed by atoms with Gasteiger partial charge in [0, 0.05) is 25.7 Å². The van der Waals surface area contributed by atoms with Gasteiger partial charge in [-0.25, -0.2) is 0 Å². The highest BCUT2D eigenvalue weighted by molar-refractivity contribution is 4.82. The van der Waals surface area contributed by atoms with Gasteiger partial charge in [-0.1, -0.05) is 20.3 Å². The smallest absolute Gasteiger partial charge is 0.0615 e. The number of rotatable bonds is 5. The van der Waals surface area contributed by atoms with Crippen LogP contribution in [-0.2, 0) is 4.74 Å². The highest BCUT2D eigenvalue weighted by atomic mass is 16.5. The zero-order chi connectivity index (χ0) is 12.0. The molecule has 0 amide bonds. The third kappa shape index (κ3) is 4.04. The molecule has 1 fully saturated rings. The maximum absolute atomic E-state index is 5.26. The number of nitrogens with zero attached hydrogens (tertiary/aromatic N) is 1. The van der Waals surface area contributed by atoms with E-state index in [1.807, 2.05) is 0 Å². The molecule has 1 heterocycles. The molecule has 3 heteroatoms. The molecule has 0 spiro atoms. The lowest BCUT2D eigenvalue weighted by Gasteiger charge is -2.31. The molecule has 1 rings (SSSR count). The Morgan fingerprint density at radius 3 is 2.81 bits per heavy atom. The van der Waals surface area contributed by atoms with Crippen molar-refractivity contribution in [2.24, 2.45) is 5.92 Å². The van der Waals surface area contributed by atoms with E-state index in [4.69, 9.17) is 4.74 Å². The van der Waals surface area contributed by atoms with Gasteiger partial charge >= 0.3 is 0 Å². The quantitative estimate of drug-likeness (QED) is 0.775.